The second-order valence-corrected chi connectivity index (χ2v) is 4.78. The first-order chi connectivity index (χ1) is 8.61. The van der Waals surface area contributed by atoms with Crippen molar-refractivity contribution in [2.75, 3.05) is 6.54 Å². The molecule has 1 fully saturated rings. The number of nitrogens with two attached hydrogens (primary N) is 1. The summed E-state index contributed by atoms with van der Waals surface area (Å²) in [6.45, 7) is 2.53. The third-order valence-electron chi connectivity index (χ3n) is 3.42. The van der Waals surface area contributed by atoms with E-state index >= 15 is 0 Å². The quantitative estimate of drug-likeness (QED) is 0.909. The Morgan fingerprint density at radius 3 is 2.80 bits per heavy atom. The van der Waals surface area contributed by atoms with E-state index in [1.165, 1.54) is 12.3 Å². The molecule has 0 bridgehead atoms. The summed E-state index contributed by atoms with van der Waals surface area (Å²) in [5, 5.41) is 0. The zero-order valence-corrected chi connectivity index (χ0v) is 12.9. The summed E-state index contributed by atoms with van der Waals surface area (Å²) in [6, 6.07) is 1.32. The molecule has 1 aromatic rings. The molecule has 2 rings (SSSR count). The summed E-state index contributed by atoms with van der Waals surface area (Å²) in [6.07, 6.45) is 5.39. The highest BCUT2D eigenvalue weighted by atomic mass is 35.5. The summed E-state index contributed by atoms with van der Waals surface area (Å²) in [4.78, 5) is 17.7. The molecular weight excluding hydrogens is 304 g/mol. The molecule has 0 spiro atoms. The van der Waals surface area contributed by atoms with Crippen molar-refractivity contribution in [2.45, 2.75) is 38.3 Å². The summed E-state index contributed by atoms with van der Waals surface area (Å²) >= 11 is 0. The van der Waals surface area contributed by atoms with Crippen molar-refractivity contribution < 1.29 is 9.18 Å². The maximum atomic E-state index is 13.6. The van der Waals surface area contributed by atoms with Crippen LogP contribution in [-0.2, 0) is 0 Å². The van der Waals surface area contributed by atoms with Gasteiger partial charge in [0.15, 0.2) is 5.82 Å². The van der Waals surface area contributed by atoms with Gasteiger partial charge in [0.05, 0.1) is 11.8 Å². The van der Waals surface area contributed by atoms with Gasteiger partial charge < -0.3 is 10.6 Å². The molecule has 0 radical (unpaired) electrons. The van der Waals surface area contributed by atoms with Crippen LogP contribution in [0.1, 0.15) is 36.5 Å². The number of hydrogen-bond donors (Lipinski definition) is 1. The molecule has 0 saturated carbocycles. The fourth-order valence-electron chi connectivity index (χ4n) is 2.46. The Morgan fingerprint density at radius 2 is 2.20 bits per heavy atom. The number of rotatable bonds is 2. The Morgan fingerprint density at radius 1 is 1.50 bits per heavy atom. The molecule has 2 N–H and O–H groups in total. The number of hydrogen-bond acceptors (Lipinski definition) is 3. The number of pyridine rings is 1. The zero-order valence-electron chi connectivity index (χ0n) is 11.3. The standard InChI is InChI=1S/C13H18FN3O.2ClH/c1-9(15)12-4-2-3-7-17(12)13(18)10-5-6-16-8-11(10)14;;/h5-6,8-9,12H,2-4,7,15H2,1H3;2*1H. The normalized spacial score (nSPS) is 19.6. The van der Waals surface area contributed by atoms with Crippen LogP contribution in [0.25, 0.3) is 0 Å². The van der Waals surface area contributed by atoms with Crippen molar-refractivity contribution in [1.29, 1.82) is 0 Å². The molecule has 1 saturated heterocycles. The molecule has 0 aliphatic carbocycles. The fourth-order valence-corrected chi connectivity index (χ4v) is 2.46. The third-order valence-corrected chi connectivity index (χ3v) is 3.42. The Labute approximate surface area is 130 Å². The van der Waals surface area contributed by atoms with Crippen LogP contribution in [0.15, 0.2) is 18.5 Å². The molecular formula is C13H20Cl2FN3O. The minimum absolute atomic E-state index is 0. The van der Waals surface area contributed by atoms with E-state index in [2.05, 4.69) is 4.98 Å². The summed E-state index contributed by atoms with van der Waals surface area (Å²) in [5.74, 6) is -0.853. The molecule has 2 unspecified atom stereocenters. The Bertz CT molecular complexity index is 445. The van der Waals surface area contributed by atoms with E-state index < -0.39 is 5.82 Å². The number of nitrogens with zero attached hydrogens (tertiary/aromatic N) is 2. The number of aromatic nitrogens is 1. The van der Waals surface area contributed by atoms with Crippen LogP contribution >= 0.6 is 24.8 Å². The zero-order chi connectivity index (χ0) is 13.1. The first-order valence-electron chi connectivity index (χ1n) is 6.27. The average Bonchev–Trinajstić information content (AvgIpc) is 2.38. The molecule has 1 aromatic heterocycles. The van der Waals surface area contributed by atoms with Gasteiger partial charge in [0.25, 0.3) is 5.91 Å². The number of likely N-dealkylation sites (tertiary alicyclic amines) is 1. The minimum atomic E-state index is -0.573. The van der Waals surface area contributed by atoms with E-state index in [1.54, 1.807) is 4.90 Å². The lowest BCUT2D eigenvalue weighted by atomic mass is 9.96. The van der Waals surface area contributed by atoms with Gasteiger partial charge >= 0.3 is 0 Å². The number of carbonyl (C=O) groups excluding carboxylic acids is 1. The van der Waals surface area contributed by atoms with E-state index in [0.717, 1.165) is 25.5 Å². The maximum Gasteiger partial charge on any atom is 0.257 e. The van der Waals surface area contributed by atoms with E-state index in [9.17, 15) is 9.18 Å². The van der Waals surface area contributed by atoms with E-state index in [1.807, 2.05) is 6.92 Å². The summed E-state index contributed by atoms with van der Waals surface area (Å²) < 4.78 is 13.6. The molecule has 7 heteroatoms. The van der Waals surface area contributed by atoms with Crippen LogP contribution in [0.3, 0.4) is 0 Å². The number of piperidine rings is 1. The first-order valence-corrected chi connectivity index (χ1v) is 6.27. The molecule has 2 heterocycles. The lowest BCUT2D eigenvalue weighted by Crippen LogP contribution is -2.51. The maximum absolute atomic E-state index is 13.6. The highest BCUT2D eigenvalue weighted by Crippen LogP contribution is 2.22. The van der Waals surface area contributed by atoms with Crippen molar-refractivity contribution >= 4 is 30.7 Å². The Hall–Kier alpha value is -0.910. The van der Waals surface area contributed by atoms with Crippen molar-refractivity contribution in [3.05, 3.63) is 29.8 Å². The number of halogens is 3. The van der Waals surface area contributed by atoms with Gasteiger partial charge in [-0.3, -0.25) is 9.78 Å². The van der Waals surface area contributed by atoms with Crippen molar-refractivity contribution in [3.63, 3.8) is 0 Å². The van der Waals surface area contributed by atoms with Gasteiger partial charge in [0, 0.05) is 24.8 Å². The number of amides is 1. The highest BCUT2D eigenvalue weighted by Gasteiger charge is 2.30. The SMILES string of the molecule is CC(N)C1CCCCN1C(=O)c1ccncc1F.Cl.Cl. The molecule has 114 valence electrons. The molecule has 2 atom stereocenters. The predicted octanol–water partition coefficient (Wildman–Crippen LogP) is 2.41. The van der Waals surface area contributed by atoms with Crippen molar-refractivity contribution in [2.24, 2.45) is 5.73 Å². The van der Waals surface area contributed by atoms with Crippen LogP contribution in [0.4, 0.5) is 4.39 Å². The van der Waals surface area contributed by atoms with Crippen LogP contribution in [0.2, 0.25) is 0 Å². The largest absolute Gasteiger partial charge is 0.334 e. The lowest BCUT2D eigenvalue weighted by Gasteiger charge is -2.38. The van der Waals surface area contributed by atoms with E-state index in [-0.39, 0.29) is 48.4 Å². The highest BCUT2D eigenvalue weighted by molar-refractivity contribution is 5.94. The van der Waals surface area contributed by atoms with Gasteiger partial charge in [-0.1, -0.05) is 0 Å². The molecule has 1 amide bonds. The Balaban J connectivity index is 0.00000180. The third kappa shape index (κ3) is 4.04. The van der Waals surface area contributed by atoms with Crippen LogP contribution in [0, 0.1) is 5.82 Å². The van der Waals surface area contributed by atoms with Gasteiger partial charge in [0.2, 0.25) is 0 Å². The van der Waals surface area contributed by atoms with E-state index in [4.69, 9.17) is 5.73 Å². The average molecular weight is 324 g/mol. The summed E-state index contributed by atoms with van der Waals surface area (Å²) in [7, 11) is 0. The first kappa shape index (κ1) is 19.1. The molecule has 0 aromatic carbocycles. The molecule has 20 heavy (non-hydrogen) atoms. The summed E-state index contributed by atoms with van der Waals surface area (Å²) in [5.41, 5.74) is 5.99. The molecule has 1 aliphatic heterocycles. The van der Waals surface area contributed by atoms with Gasteiger partial charge in [-0.15, -0.1) is 24.8 Å². The topological polar surface area (TPSA) is 59.2 Å². The Kier molecular flexibility index (Phi) is 8.01. The van der Waals surface area contributed by atoms with Crippen LogP contribution in [0.5, 0.6) is 0 Å². The molecule has 1 aliphatic rings. The van der Waals surface area contributed by atoms with Gasteiger partial charge in [-0.25, -0.2) is 4.39 Å². The van der Waals surface area contributed by atoms with Crippen molar-refractivity contribution in [3.8, 4) is 0 Å². The molecule has 4 nitrogen and oxygen atoms in total. The lowest BCUT2D eigenvalue weighted by molar-refractivity contribution is 0.0579. The monoisotopic (exact) mass is 323 g/mol. The smallest absolute Gasteiger partial charge is 0.257 e. The van der Waals surface area contributed by atoms with Crippen LogP contribution in [-0.4, -0.2) is 34.4 Å². The fraction of sp³-hybridized carbons (Fsp3) is 0.538. The van der Waals surface area contributed by atoms with E-state index in [0.29, 0.717) is 6.54 Å². The second kappa shape index (κ2) is 8.39. The van der Waals surface area contributed by atoms with Gasteiger partial charge in [-0.2, -0.15) is 0 Å². The number of carbonyl (C=O) groups is 1. The van der Waals surface area contributed by atoms with Crippen LogP contribution < -0.4 is 5.73 Å². The minimum Gasteiger partial charge on any atom is -0.334 e. The predicted molar refractivity (Wildman–Crippen MR) is 81.0 cm³/mol. The van der Waals surface area contributed by atoms with Crippen molar-refractivity contribution in [1.82, 2.24) is 9.88 Å². The second-order valence-electron chi connectivity index (χ2n) is 4.78. The van der Waals surface area contributed by atoms with Gasteiger partial charge in [-0.05, 0) is 32.3 Å². The van der Waals surface area contributed by atoms with Gasteiger partial charge in [0.1, 0.15) is 0 Å².